The molecule has 2 aliphatic rings. The number of amides is 1. The van der Waals surface area contributed by atoms with E-state index in [2.05, 4.69) is 19.2 Å². The third-order valence-electron chi connectivity index (χ3n) is 5.39. The Morgan fingerprint density at radius 2 is 2.00 bits per heavy atom. The Kier molecular flexibility index (Phi) is 5.99. The summed E-state index contributed by atoms with van der Waals surface area (Å²) in [5, 5.41) is 3.79. The molecule has 23 heavy (non-hydrogen) atoms. The molecule has 134 valence electrons. The Morgan fingerprint density at radius 1 is 1.26 bits per heavy atom. The molecule has 0 radical (unpaired) electrons. The van der Waals surface area contributed by atoms with Crippen LogP contribution in [0.25, 0.3) is 0 Å². The molecule has 1 saturated carbocycles. The van der Waals surface area contributed by atoms with Gasteiger partial charge in [-0.1, -0.05) is 26.7 Å². The number of ether oxygens (including phenoxy) is 1. The Bertz CT molecular complexity index is 401. The fraction of sp³-hybridized carbons (Fsp3) is 0.947. The highest BCUT2D eigenvalue weighted by atomic mass is 16.6. The van der Waals surface area contributed by atoms with Crippen molar-refractivity contribution in [3.8, 4) is 0 Å². The van der Waals surface area contributed by atoms with Gasteiger partial charge in [-0.05, 0) is 64.3 Å². The van der Waals surface area contributed by atoms with E-state index >= 15 is 0 Å². The van der Waals surface area contributed by atoms with Gasteiger partial charge in [0.25, 0.3) is 0 Å². The Hall–Kier alpha value is -0.770. The van der Waals surface area contributed by atoms with Crippen LogP contribution in [-0.4, -0.2) is 42.3 Å². The monoisotopic (exact) mass is 324 g/mol. The van der Waals surface area contributed by atoms with Gasteiger partial charge in [0.05, 0.1) is 0 Å². The molecule has 2 atom stereocenters. The van der Waals surface area contributed by atoms with Gasteiger partial charge in [0.2, 0.25) is 0 Å². The lowest BCUT2D eigenvalue weighted by Gasteiger charge is -2.39. The molecule has 1 saturated heterocycles. The van der Waals surface area contributed by atoms with E-state index in [1.54, 1.807) is 0 Å². The molecule has 1 aliphatic heterocycles. The lowest BCUT2D eigenvalue weighted by atomic mass is 9.73. The molecule has 1 N–H and O–H groups in total. The van der Waals surface area contributed by atoms with Crippen molar-refractivity contribution in [3.63, 3.8) is 0 Å². The lowest BCUT2D eigenvalue weighted by molar-refractivity contribution is 0.0287. The molecule has 2 fully saturated rings. The highest BCUT2D eigenvalue weighted by Gasteiger charge is 2.33. The second kappa shape index (κ2) is 7.42. The van der Waals surface area contributed by atoms with Gasteiger partial charge in [0.15, 0.2) is 0 Å². The van der Waals surface area contributed by atoms with Crippen LogP contribution in [0.4, 0.5) is 4.79 Å². The SMILES string of the molecule is CC(C)(C)OC(=O)N1CCC(CCNC2CCCCC2(C)C)C1. The van der Waals surface area contributed by atoms with Crippen molar-refractivity contribution >= 4 is 6.09 Å². The van der Waals surface area contributed by atoms with Gasteiger partial charge >= 0.3 is 6.09 Å². The number of likely N-dealkylation sites (tertiary alicyclic amines) is 1. The van der Waals surface area contributed by atoms with E-state index in [9.17, 15) is 4.79 Å². The van der Waals surface area contributed by atoms with E-state index in [0.29, 0.717) is 17.4 Å². The number of hydrogen-bond donors (Lipinski definition) is 1. The summed E-state index contributed by atoms with van der Waals surface area (Å²) in [6.45, 7) is 13.3. The van der Waals surface area contributed by atoms with E-state index in [-0.39, 0.29) is 6.09 Å². The molecule has 2 unspecified atom stereocenters. The predicted molar refractivity (Wildman–Crippen MR) is 94.6 cm³/mol. The number of rotatable bonds is 4. The van der Waals surface area contributed by atoms with Gasteiger partial charge in [-0.3, -0.25) is 0 Å². The zero-order chi connectivity index (χ0) is 17.1. The largest absolute Gasteiger partial charge is 0.444 e. The molecule has 0 aromatic heterocycles. The van der Waals surface area contributed by atoms with Crippen LogP contribution in [0.15, 0.2) is 0 Å². The maximum atomic E-state index is 12.1. The molecule has 0 aromatic carbocycles. The zero-order valence-electron chi connectivity index (χ0n) is 15.8. The average Bonchev–Trinajstić information content (AvgIpc) is 2.87. The summed E-state index contributed by atoms with van der Waals surface area (Å²) < 4.78 is 5.47. The fourth-order valence-corrected chi connectivity index (χ4v) is 3.89. The van der Waals surface area contributed by atoms with E-state index < -0.39 is 5.60 Å². The van der Waals surface area contributed by atoms with E-state index in [1.807, 2.05) is 25.7 Å². The van der Waals surface area contributed by atoms with Crippen LogP contribution in [0.5, 0.6) is 0 Å². The van der Waals surface area contributed by atoms with Crippen molar-refractivity contribution in [2.24, 2.45) is 11.3 Å². The summed E-state index contributed by atoms with van der Waals surface area (Å²) in [4.78, 5) is 14.0. The standard InChI is InChI=1S/C19H36N2O2/c1-18(2,3)23-17(22)21-13-10-15(14-21)9-12-20-16-8-6-7-11-19(16,4)5/h15-16,20H,6-14H2,1-5H3. The highest BCUT2D eigenvalue weighted by molar-refractivity contribution is 5.68. The molecule has 0 spiro atoms. The first kappa shape index (κ1) is 18.6. The molecule has 1 aliphatic carbocycles. The normalized spacial score (nSPS) is 28.0. The smallest absolute Gasteiger partial charge is 0.410 e. The summed E-state index contributed by atoms with van der Waals surface area (Å²) in [7, 11) is 0. The summed E-state index contributed by atoms with van der Waals surface area (Å²) >= 11 is 0. The van der Waals surface area contributed by atoms with Gasteiger partial charge in [-0.2, -0.15) is 0 Å². The first-order valence-corrected chi connectivity index (χ1v) is 9.39. The number of hydrogen-bond acceptors (Lipinski definition) is 3. The minimum atomic E-state index is -0.400. The maximum Gasteiger partial charge on any atom is 0.410 e. The maximum absolute atomic E-state index is 12.1. The molecular weight excluding hydrogens is 288 g/mol. The van der Waals surface area contributed by atoms with Crippen molar-refractivity contribution < 1.29 is 9.53 Å². The van der Waals surface area contributed by atoms with Crippen molar-refractivity contribution in [2.75, 3.05) is 19.6 Å². The third-order valence-corrected chi connectivity index (χ3v) is 5.39. The first-order chi connectivity index (χ1) is 10.7. The summed E-state index contributed by atoms with van der Waals surface area (Å²) in [6.07, 6.45) is 7.49. The second-order valence-electron chi connectivity index (χ2n) is 9.11. The van der Waals surface area contributed by atoms with Crippen LogP contribution >= 0.6 is 0 Å². The second-order valence-corrected chi connectivity index (χ2v) is 9.11. The predicted octanol–water partition coefficient (Wildman–Crippen LogP) is 4.19. The summed E-state index contributed by atoms with van der Waals surface area (Å²) in [5.41, 5.74) is 0.0275. The van der Waals surface area contributed by atoms with Gasteiger partial charge in [0, 0.05) is 19.1 Å². The molecule has 4 heteroatoms. The molecule has 1 heterocycles. The molecule has 2 rings (SSSR count). The van der Waals surface area contributed by atoms with Crippen LogP contribution in [0.1, 0.15) is 73.1 Å². The van der Waals surface area contributed by atoms with Crippen molar-refractivity contribution in [1.29, 1.82) is 0 Å². The van der Waals surface area contributed by atoms with E-state index in [1.165, 1.54) is 25.7 Å². The summed E-state index contributed by atoms with van der Waals surface area (Å²) in [6, 6.07) is 0.652. The van der Waals surface area contributed by atoms with Gasteiger partial charge in [0.1, 0.15) is 5.60 Å². The van der Waals surface area contributed by atoms with Crippen LogP contribution in [0, 0.1) is 11.3 Å². The van der Waals surface area contributed by atoms with Gasteiger partial charge in [-0.25, -0.2) is 4.79 Å². The third kappa shape index (κ3) is 5.66. The molecular formula is C19H36N2O2. The van der Waals surface area contributed by atoms with Gasteiger partial charge < -0.3 is 15.0 Å². The quantitative estimate of drug-likeness (QED) is 0.843. The van der Waals surface area contributed by atoms with E-state index in [4.69, 9.17) is 4.74 Å². The number of nitrogens with one attached hydrogen (secondary N) is 1. The van der Waals surface area contributed by atoms with Crippen molar-refractivity contribution in [2.45, 2.75) is 84.8 Å². The fourth-order valence-electron chi connectivity index (χ4n) is 3.89. The average molecular weight is 325 g/mol. The van der Waals surface area contributed by atoms with Crippen molar-refractivity contribution in [1.82, 2.24) is 10.2 Å². The number of nitrogens with zero attached hydrogens (tertiary/aromatic N) is 1. The molecule has 0 aromatic rings. The van der Waals surface area contributed by atoms with Crippen molar-refractivity contribution in [3.05, 3.63) is 0 Å². The Balaban J connectivity index is 1.69. The van der Waals surface area contributed by atoms with Gasteiger partial charge in [-0.15, -0.1) is 0 Å². The number of carbonyl (C=O) groups is 1. The molecule has 1 amide bonds. The Labute approximate surface area is 142 Å². The van der Waals surface area contributed by atoms with Crippen LogP contribution < -0.4 is 5.32 Å². The zero-order valence-corrected chi connectivity index (χ0v) is 15.8. The lowest BCUT2D eigenvalue weighted by Crippen LogP contribution is -2.44. The van der Waals surface area contributed by atoms with Crippen LogP contribution in [0.3, 0.4) is 0 Å². The van der Waals surface area contributed by atoms with Crippen LogP contribution in [-0.2, 0) is 4.74 Å². The molecule has 4 nitrogen and oxygen atoms in total. The number of carbonyl (C=O) groups excluding carboxylic acids is 1. The first-order valence-electron chi connectivity index (χ1n) is 9.39. The minimum absolute atomic E-state index is 0.152. The molecule has 0 bridgehead atoms. The van der Waals surface area contributed by atoms with E-state index in [0.717, 1.165) is 32.5 Å². The topological polar surface area (TPSA) is 41.6 Å². The summed E-state index contributed by atoms with van der Waals surface area (Å²) in [5.74, 6) is 0.613. The minimum Gasteiger partial charge on any atom is -0.444 e. The van der Waals surface area contributed by atoms with Crippen LogP contribution in [0.2, 0.25) is 0 Å². The highest BCUT2D eigenvalue weighted by Crippen LogP contribution is 2.35. The Morgan fingerprint density at radius 3 is 2.65 bits per heavy atom.